The van der Waals surface area contributed by atoms with Gasteiger partial charge in [0.05, 0.1) is 88.5 Å². The second kappa shape index (κ2) is 25.3. The van der Waals surface area contributed by atoms with Gasteiger partial charge in [-0.3, -0.25) is 9.59 Å². The number of ketones is 1. The monoisotopic (exact) mass is 961 g/mol. The van der Waals surface area contributed by atoms with Crippen molar-refractivity contribution in [3.63, 3.8) is 0 Å². The fourth-order valence-corrected chi connectivity index (χ4v) is 9.36. The van der Waals surface area contributed by atoms with Crippen LogP contribution in [-0.4, -0.2) is 199 Å². The van der Waals surface area contributed by atoms with E-state index in [1.807, 2.05) is 31.4 Å². The van der Waals surface area contributed by atoms with Gasteiger partial charge in [0.2, 0.25) is 0 Å². The predicted molar refractivity (Wildman–Crippen MR) is 244 cm³/mol. The molecule has 21 heteroatoms. The molecule has 3 fully saturated rings. The van der Waals surface area contributed by atoms with Gasteiger partial charge in [-0.2, -0.15) is 0 Å². The Morgan fingerprint density at radius 1 is 0.926 bits per heavy atom. The number of allylic oxidation sites excluding steroid dienone is 3. The third-order valence-electron chi connectivity index (χ3n) is 13.3. The summed E-state index contributed by atoms with van der Waals surface area (Å²) in [5.41, 5.74) is 2.48. The zero-order chi connectivity index (χ0) is 49.1. The van der Waals surface area contributed by atoms with Gasteiger partial charge < -0.3 is 72.3 Å². The van der Waals surface area contributed by atoms with Gasteiger partial charge in [-0.15, -0.1) is 0 Å². The Morgan fingerprint density at radius 2 is 1.68 bits per heavy atom. The number of carbonyl (C=O) groups excluding carboxylic acids is 2. The van der Waals surface area contributed by atoms with Crippen LogP contribution in [0.25, 0.3) is 11.2 Å². The lowest BCUT2D eigenvalue weighted by atomic mass is 9.79. The maximum absolute atomic E-state index is 14.1. The van der Waals surface area contributed by atoms with Crippen LogP contribution in [0.3, 0.4) is 0 Å². The molecule has 1 unspecified atom stereocenters. The van der Waals surface area contributed by atoms with Crippen LogP contribution in [0.5, 0.6) is 0 Å². The predicted octanol–water partition coefficient (Wildman–Crippen LogP) is 1.85. The standard InChI is InChI=1S/C47H72N6O15/c1-26-10-11-35(54)27(2)17-32-12-14-61-22-33(51-65-15-13-53-25-50-34-19-48-24-49-45(34)53)23-62-36(28(3)42(32)68-46-41(58)38(52(6)7)39(56)29(4)66-46)18-37(55)63-20-31(16-26)21-64-47-44(60-9)43(59-8)40(57)30(5)67-47/h10-11,16,19,24-25,27-32,36,38-44,46-47,56-58H,12-15,17-18,20-23H2,1-9H3/b11-10+,26-16+,51-33+/t27-,28+,29-,30-,31+,32?,36-,38+,39-,40-,41-,42-,43-,44-,46+,47-/m1/s1. The molecule has 6 heterocycles. The summed E-state index contributed by atoms with van der Waals surface area (Å²) < 4.78 is 57.1. The van der Waals surface area contributed by atoms with Gasteiger partial charge in [0.15, 0.2) is 24.0 Å². The molecule has 16 atom stereocenters. The number of fused-ring (bicyclic) bond motifs is 4. The highest BCUT2D eigenvalue weighted by Gasteiger charge is 2.48. The highest BCUT2D eigenvalue weighted by atomic mass is 16.7. The number of methoxy groups -OCH3 is 2. The molecule has 3 N–H and O–H groups in total. The second-order valence-corrected chi connectivity index (χ2v) is 18.6. The average Bonchev–Trinajstić information content (AvgIpc) is 3.72. The van der Waals surface area contributed by atoms with Crippen LogP contribution >= 0.6 is 0 Å². The summed E-state index contributed by atoms with van der Waals surface area (Å²) >= 11 is 0. The summed E-state index contributed by atoms with van der Waals surface area (Å²) in [6.45, 7) is 9.77. The number of esters is 1. The van der Waals surface area contributed by atoms with Crippen molar-refractivity contribution in [2.24, 2.45) is 28.8 Å². The third kappa shape index (κ3) is 13.7. The Labute approximate surface area is 398 Å². The van der Waals surface area contributed by atoms with E-state index in [0.717, 1.165) is 5.57 Å². The molecule has 2 aromatic rings. The van der Waals surface area contributed by atoms with Gasteiger partial charge in [-0.05, 0) is 59.7 Å². The molecule has 380 valence electrons. The molecule has 0 aliphatic carbocycles. The minimum Gasteiger partial charge on any atom is -0.465 e. The van der Waals surface area contributed by atoms with E-state index in [0.29, 0.717) is 36.3 Å². The number of aliphatic hydroxyl groups excluding tert-OH is 3. The summed E-state index contributed by atoms with van der Waals surface area (Å²) in [4.78, 5) is 48.2. The number of aromatic nitrogens is 4. The van der Waals surface area contributed by atoms with Crippen molar-refractivity contribution in [2.75, 3.05) is 68.0 Å². The number of likely N-dealkylation sites (N-methyl/N-ethyl adjacent to an activating group) is 1. The van der Waals surface area contributed by atoms with E-state index in [1.165, 1.54) is 20.5 Å². The molecule has 6 rings (SSSR count). The maximum atomic E-state index is 14.1. The smallest absolute Gasteiger partial charge is 0.308 e. The number of rotatable bonds is 12. The lowest BCUT2D eigenvalue weighted by Gasteiger charge is -2.47. The van der Waals surface area contributed by atoms with E-state index in [2.05, 4.69) is 20.1 Å². The number of imidazole rings is 1. The Hall–Kier alpha value is -3.84. The number of hydrogen-bond acceptors (Lipinski definition) is 20. The molecule has 2 aromatic heterocycles. The van der Waals surface area contributed by atoms with E-state index in [9.17, 15) is 24.9 Å². The molecule has 0 radical (unpaired) electrons. The van der Waals surface area contributed by atoms with Crippen molar-refractivity contribution < 1.29 is 72.4 Å². The van der Waals surface area contributed by atoms with Gasteiger partial charge in [0.1, 0.15) is 48.6 Å². The molecule has 4 aliphatic rings. The molecule has 68 heavy (non-hydrogen) atoms. The highest BCUT2D eigenvalue weighted by molar-refractivity contribution is 5.91. The fraction of sp³-hybridized carbons (Fsp3) is 0.745. The van der Waals surface area contributed by atoms with Crippen molar-refractivity contribution in [1.82, 2.24) is 24.4 Å². The van der Waals surface area contributed by atoms with E-state index in [1.54, 1.807) is 57.5 Å². The zero-order valence-electron chi connectivity index (χ0n) is 40.7. The molecule has 0 saturated carbocycles. The Balaban J connectivity index is 1.28. The van der Waals surface area contributed by atoms with Crippen LogP contribution in [-0.2, 0) is 63.6 Å². The van der Waals surface area contributed by atoms with Crippen LogP contribution in [0.4, 0.5) is 0 Å². The molecule has 0 amide bonds. The summed E-state index contributed by atoms with van der Waals surface area (Å²) in [5, 5.41) is 37.8. The van der Waals surface area contributed by atoms with Gasteiger partial charge >= 0.3 is 5.97 Å². The Bertz CT molecular complexity index is 2020. The summed E-state index contributed by atoms with van der Waals surface area (Å²) in [6, 6.07) is -0.712. The van der Waals surface area contributed by atoms with Crippen molar-refractivity contribution in [3.05, 3.63) is 42.7 Å². The number of aliphatic hydroxyl groups is 3. The molecular weight excluding hydrogens is 889 g/mol. The van der Waals surface area contributed by atoms with Crippen LogP contribution < -0.4 is 0 Å². The van der Waals surface area contributed by atoms with Crippen LogP contribution in [0.15, 0.2) is 47.8 Å². The fourth-order valence-electron chi connectivity index (χ4n) is 9.36. The van der Waals surface area contributed by atoms with E-state index < -0.39 is 97.3 Å². The first-order chi connectivity index (χ1) is 32.6. The largest absolute Gasteiger partial charge is 0.465 e. The van der Waals surface area contributed by atoms with Gasteiger partial charge in [-0.1, -0.05) is 36.7 Å². The molecule has 2 bridgehead atoms. The quantitative estimate of drug-likeness (QED) is 0.156. The zero-order valence-corrected chi connectivity index (χ0v) is 40.7. The minimum absolute atomic E-state index is 0.0237. The van der Waals surface area contributed by atoms with Gasteiger partial charge in [0.25, 0.3) is 0 Å². The number of nitrogens with zero attached hydrogens (tertiary/aromatic N) is 6. The lowest BCUT2D eigenvalue weighted by Crippen LogP contribution is -2.63. The third-order valence-corrected chi connectivity index (χ3v) is 13.3. The lowest BCUT2D eigenvalue weighted by molar-refractivity contribution is -0.305. The number of oxime groups is 1. The Morgan fingerprint density at radius 3 is 2.43 bits per heavy atom. The topological polar surface area (TPSA) is 246 Å². The van der Waals surface area contributed by atoms with E-state index >= 15 is 0 Å². The average molecular weight is 961 g/mol. The van der Waals surface area contributed by atoms with Crippen LogP contribution in [0, 0.1) is 23.7 Å². The van der Waals surface area contributed by atoms with Crippen molar-refractivity contribution >= 4 is 28.6 Å². The molecule has 21 nitrogen and oxygen atoms in total. The first kappa shape index (κ1) is 53.5. The van der Waals surface area contributed by atoms with Gasteiger partial charge in [0, 0.05) is 38.6 Å². The SMILES string of the molecule is CO[C@@H]1[C@H](O)[C@@H](C)O[C@@H](OC[C@H]2/C=C(C)/C=C/C(=O)[C@H](C)CC3CCOC/C(=N\OCCn4cnc5cncnc54)CO[C@H](CC(=O)OC2)[C@H](C)[C@H]3O[C@@H]2O[C@H](C)[C@@H](O)[C@H](N(C)C)[C@H]2O)[C@@H]1OC. The first-order valence-electron chi connectivity index (χ1n) is 23.5. The van der Waals surface area contributed by atoms with E-state index in [4.69, 9.17) is 47.5 Å². The number of ether oxygens (including phenoxy) is 9. The second-order valence-electron chi connectivity index (χ2n) is 18.6. The summed E-state index contributed by atoms with van der Waals surface area (Å²) in [7, 11) is 6.49. The summed E-state index contributed by atoms with van der Waals surface area (Å²) in [5.74, 6) is -2.61. The Kier molecular flexibility index (Phi) is 19.9. The van der Waals surface area contributed by atoms with Crippen molar-refractivity contribution in [1.29, 1.82) is 0 Å². The normalized spacial score (nSPS) is 38.2. The molecular formula is C47H72N6O15. The van der Waals surface area contributed by atoms with Crippen LogP contribution in [0.1, 0.15) is 53.9 Å². The summed E-state index contributed by atoms with van der Waals surface area (Å²) in [6.07, 6.45) is 0.751. The van der Waals surface area contributed by atoms with Crippen LogP contribution in [0.2, 0.25) is 0 Å². The maximum Gasteiger partial charge on any atom is 0.308 e. The van der Waals surface area contributed by atoms with Gasteiger partial charge in [-0.25, -0.2) is 15.0 Å². The van der Waals surface area contributed by atoms with E-state index in [-0.39, 0.29) is 57.8 Å². The molecule has 3 saturated heterocycles. The molecule has 0 spiro atoms. The van der Waals surface area contributed by atoms with Crippen molar-refractivity contribution in [2.45, 2.75) is 134 Å². The highest BCUT2D eigenvalue weighted by Crippen LogP contribution is 2.36. The molecule has 4 aliphatic heterocycles. The number of cyclic esters (lactones) is 1. The first-order valence-corrected chi connectivity index (χ1v) is 23.5. The number of carbonyl (C=O) groups is 2. The van der Waals surface area contributed by atoms with Crippen molar-refractivity contribution in [3.8, 4) is 0 Å². The minimum atomic E-state index is -1.26. The number of hydrogen-bond donors (Lipinski definition) is 3. The molecule has 0 aromatic carbocycles.